The summed E-state index contributed by atoms with van der Waals surface area (Å²) < 4.78 is 18.3. The van der Waals surface area contributed by atoms with Crippen LogP contribution in [0.1, 0.15) is 19.8 Å². The molecule has 2 aromatic carbocycles. The van der Waals surface area contributed by atoms with Gasteiger partial charge in [-0.25, -0.2) is 9.37 Å². The molecule has 3 aromatic rings. The summed E-state index contributed by atoms with van der Waals surface area (Å²) in [5, 5.41) is 5.38. The quantitative estimate of drug-likeness (QED) is 0.351. The highest BCUT2D eigenvalue weighted by atomic mass is 32.2. The van der Waals surface area contributed by atoms with Crippen LogP contribution in [0.5, 0.6) is 5.75 Å². The third-order valence-corrected chi connectivity index (χ3v) is 5.70. The van der Waals surface area contributed by atoms with E-state index in [4.69, 9.17) is 4.74 Å². The van der Waals surface area contributed by atoms with Crippen LogP contribution in [0.3, 0.4) is 0 Å². The van der Waals surface area contributed by atoms with Gasteiger partial charge in [0.25, 0.3) is 0 Å². The van der Waals surface area contributed by atoms with Gasteiger partial charge in [-0.15, -0.1) is 23.1 Å². The number of nitrogens with one attached hydrogen (secondary N) is 1. The normalized spacial score (nSPS) is 10.6. The number of thioether (sulfide) groups is 1. The Morgan fingerprint density at radius 2 is 1.93 bits per heavy atom. The molecule has 1 heterocycles. The molecule has 0 fully saturated rings. The summed E-state index contributed by atoms with van der Waals surface area (Å²) in [5.74, 6) is 1.34. The minimum atomic E-state index is -0.239. The number of nitrogens with zero attached hydrogens (tertiary/aromatic N) is 1. The Morgan fingerprint density at radius 3 is 2.64 bits per heavy atom. The van der Waals surface area contributed by atoms with Crippen LogP contribution >= 0.6 is 23.1 Å². The summed E-state index contributed by atoms with van der Waals surface area (Å²) in [5.41, 5.74) is 1.81. The first-order valence-electron chi connectivity index (χ1n) is 9.01. The molecule has 0 aliphatic heterocycles. The molecule has 7 heteroatoms. The van der Waals surface area contributed by atoms with Crippen LogP contribution in [0.15, 0.2) is 58.8 Å². The smallest absolute Gasteiger partial charge is 0.226 e. The Hall–Kier alpha value is -2.38. The van der Waals surface area contributed by atoms with Gasteiger partial charge in [0.1, 0.15) is 11.6 Å². The summed E-state index contributed by atoms with van der Waals surface area (Å²) in [6.45, 7) is 2.58. The number of hydrogen-bond donors (Lipinski definition) is 1. The molecular weight excluding hydrogens is 395 g/mol. The minimum Gasteiger partial charge on any atom is -0.494 e. The van der Waals surface area contributed by atoms with Crippen molar-refractivity contribution in [3.63, 3.8) is 0 Å². The van der Waals surface area contributed by atoms with E-state index in [0.717, 1.165) is 34.1 Å². The van der Waals surface area contributed by atoms with Crippen molar-refractivity contribution in [2.24, 2.45) is 0 Å². The third-order valence-electron chi connectivity index (χ3n) is 3.84. The number of amides is 1. The van der Waals surface area contributed by atoms with E-state index in [2.05, 4.69) is 10.3 Å². The molecule has 0 bridgehead atoms. The standard InChI is InChI=1S/C21H21FN2O2S2/c1-2-26-17-9-5-15(6-10-17)19-14-28-21(23-19)24-20(25)4-3-13-27-18-11-7-16(22)8-12-18/h5-12,14H,2-4,13H2,1H3,(H,23,24,25). The van der Waals surface area contributed by atoms with Gasteiger partial charge in [0.05, 0.1) is 12.3 Å². The first-order chi connectivity index (χ1) is 13.6. The SMILES string of the molecule is CCOc1ccc(-c2csc(NC(=O)CCCSc3ccc(F)cc3)n2)cc1. The lowest BCUT2D eigenvalue weighted by molar-refractivity contribution is -0.116. The van der Waals surface area contributed by atoms with Crippen LogP contribution < -0.4 is 10.1 Å². The number of hydrogen-bond acceptors (Lipinski definition) is 5. The second kappa shape index (κ2) is 10.2. The molecule has 0 radical (unpaired) electrons. The summed E-state index contributed by atoms with van der Waals surface area (Å²) in [6.07, 6.45) is 1.16. The van der Waals surface area contributed by atoms with Crippen LogP contribution in [0.25, 0.3) is 11.3 Å². The largest absolute Gasteiger partial charge is 0.494 e. The van der Waals surface area contributed by atoms with Crippen molar-refractivity contribution in [2.75, 3.05) is 17.7 Å². The van der Waals surface area contributed by atoms with Gasteiger partial charge in [-0.1, -0.05) is 0 Å². The second-order valence-corrected chi connectivity index (χ2v) is 7.98. The van der Waals surface area contributed by atoms with E-state index in [1.165, 1.54) is 23.5 Å². The zero-order valence-electron chi connectivity index (χ0n) is 15.5. The van der Waals surface area contributed by atoms with Gasteiger partial charge in [0.2, 0.25) is 5.91 Å². The number of anilines is 1. The number of carbonyl (C=O) groups is 1. The number of benzene rings is 2. The summed E-state index contributed by atoms with van der Waals surface area (Å²) in [4.78, 5) is 17.6. The minimum absolute atomic E-state index is 0.0488. The fourth-order valence-corrected chi connectivity index (χ4v) is 4.08. The topological polar surface area (TPSA) is 51.2 Å². The zero-order chi connectivity index (χ0) is 19.8. The monoisotopic (exact) mass is 416 g/mol. The fourth-order valence-electron chi connectivity index (χ4n) is 2.49. The molecule has 0 unspecified atom stereocenters. The average Bonchev–Trinajstić information content (AvgIpc) is 3.16. The Labute approximate surface area is 172 Å². The lowest BCUT2D eigenvalue weighted by atomic mass is 10.2. The van der Waals surface area contributed by atoms with Gasteiger partial charge in [0.15, 0.2) is 5.13 Å². The lowest BCUT2D eigenvalue weighted by Gasteiger charge is -2.04. The maximum atomic E-state index is 12.9. The Kier molecular flexibility index (Phi) is 7.45. The first kappa shape index (κ1) is 20.4. The summed E-state index contributed by atoms with van der Waals surface area (Å²) in [7, 11) is 0. The van der Waals surface area contributed by atoms with Crippen LogP contribution in [-0.2, 0) is 4.79 Å². The van der Waals surface area contributed by atoms with Crippen molar-refractivity contribution in [3.8, 4) is 17.0 Å². The van der Waals surface area contributed by atoms with E-state index in [0.29, 0.717) is 18.2 Å². The highest BCUT2D eigenvalue weighted by molar-refractivity contribution is 7.99. The number of aromatic nitrogens is 1. The van der Waals surface area contributed by atoms with Crippen LogP contribution in [0.2, 0.25) is 0 Å². The number of thiazole rings is 1. The van der Waals surface area contributed by atoms with Crippen molar-refractivity contribution < 1.29 is 13.9 Å². The lowest BCUT2D eigenvalue weighted by Crippen LogP contribution is -2.11. The molecule has 1 amide bonds. The molecule has 1 aromatic heterocycles. The number of ether oxygens (including phenoxy) is 1. The fraction of sp³-hybridized carbons (Fsp3) is 0.238. The van der Waals surface area contributed by atoms with E-state index >= 15 is 0 Å². The Bertz CT molecular complexity index is 896. The molecule has 0 atom stereocenters. The molecule has 0 spiro atoms. The molecule has 0 aliphatic rings. The van der Waals surface area contributed by atoms with Crippen LogP contribution in [-0.4, -0.2) is 23.3 Å². The van der Waals surface area contributed by atoms with E-state index in [-0.39, 0.29) is 11.7 Å². The van der Waals surface area contributed by atoms with E-state index in [1.807, 2.05) is 36.6 Å². The average molecular weight is 417 g/mol. The van der Waals surface area contributed by atoms with Gasteiger partial charge < -0.3 is 10.1 Å². The number of carbonyl (C=O) groups excluding carboxylic acids is 1. The predicted molar refractivity (Wildman–Crippen MR) is 114 cm³/mol. The number of halogens is 1. The third kappa shape index (κ3) is 6.07. The summed E-state index contributed by atoms with van der Waals surface area (Å²) >= 11 is 3.02. The maximum absolute atomic E-state index is 12.9. The van der Waals surface area contributed by atoms with E-state index in [9.17, 15) is 9.18 Å². The van der Waals surface area contributed by atoms with Gasteiger partial charge in [-0.2, -0.15) is 0 Å². The molecule has 0 saturated heterocycles. The molecule has 3 rings (SSSR count). The van der Waals surface area contributed by atoms with Crippen LogP contribution in [0, 0.1) is 5.82 Å². The Balaban J connectivity index is 1.43. The Morgan fingerprint density at radius 1 is 1.18 bits per heavy atom. The second-order valence-electron chi connectivity index (χ2n) is 5.95. The highest BCUT2D eigenvalue weighted by Crippen LogP contribution is 2.27. The summed E-state index contributed by atoms with van der Waals surface area (Å²) in [6, 6.07) is 14.1. The highest BCUT2D eigenvalue weighted by Gasteiger charge is 2.08. The van der Waals surface area contributed by atoms with Crippen molar-refractivity contribution in [1.29, 1.82) is 0 Å². The molecule has 146 valence electrons. The van der Waals surface area contributed by atoms with Crippen molar-refractivity contribution in [3.05, 3.63) is 59.7 Å². The molecule has 0 saturated carbocycles. The van der Waals surface area contributed by atoms with Crippen molar-refractivity contribution in [2.45, 2.75) is 24.7 Å². The van der Waals surface area contributed by atoms with Gasteiger partial charge in [-0.05, 0) is 67.6 Å². The van der Waals surface area contributed by atoms with Gasteiger partial charge in [0, 0.05) is 22.3 Å². The first-order valence-corrected chi connectivity index (χ1v) is 10.9. The van der Waals surface area contributed by atoms with Crippen molar-refractivity contribution in [1.82, 2.24) is 4.98 Å². The van der Waals surface area contributed by atoms with Gasteiger partial charge >= 0.3 is 0 Å². The van der Waals surface area contributed by atoms with Crippen molar-refractivity contribution >= 4 is 34.1 Å². The molecule has 1 N–H and O–H groups in total. The predicted octanol–water partition coefficient (Wildman–Crippen LogP) is 5.86. The molecular formula is C21H21FN2O2S2. The molecule has 28 heavy (non-hydrogen) atoms. The van der Waals surface area contributed by atoms with Gasteiger partial charge in [-0.3, -0.25) is 4.79 Å². The van der Waals surface area contributed by atoms with E-state index in [1.54, 1.807) is 23.9 Å². The maximum Gasteiger partial charge on any atom is 0.226 e. The molecule has 0 aliphatic carbocycles. The number of rotatable bonds is 9. The molecule has 4 nitrogen and oxygen atoms in total. The zero-order valence-corrected chi connectivity index (χ0v) is 17.1. The van der Waals surface area contributed by atoms with E-state index < -0.39 is 0 Å². The van der Waals surface area contributed by atoms with Crippen LogP contribution in [0.4, 0.5) is 9.52 Å².